The van der Waals surface area contributed by atoms with Crippen molar-refractivity contribution in [1.29, 1.82) is 0 Å². The first-order valence-corrected chi connectivity index (χ1v) is 17.1. The molecule has 0 bridgehead atoms. The molecule has 1 aliphatic rings. The van der Waals surface area contributed by atoms with E-state index in [4.69, 9.17) is 24.4 Å². The van der Waals surface area contributed by atoms with Crippen LogP contribution < -0.4 is 0 Å². The van der Waals surface area contributed by atoms with E-state index in [1.165, 1.54) is 26.2 Å². The summed E-state index contributed by atoms with van der Waals surface area (Å²) in [4.78, 5) is 0. The molecule has 39 heavy (non-hydrogen) atoms. The normalized spacial score (nSPS) is 13.7. The second kappa shape index (κ2) is 11.9. The molecule has 0 radical (unpaired) electrons. The Morgan fingerprint density at radius 1 is 0.692 bits per heavy atom. The fourth-order valence-corrected chi connectivity index (χ4v) is 10.7. The number of fused-ring (bicyclic) bond motifs is 1. The van der Waals surface area contributed by atoms with Crippen molar-refractivity contribution in [2.75, 3.05) is 5.75 Å². The third kappa shape index (κ3) is 5.48. The molecule has 0 aliphatic carbocycles. The van der Waals surface area contributed by atoms with E-state index in [-0.39, 0.29) is 12.1 Å². The Hall–Kier alpha value is -1.34. The molecule has 0 fully saturated rings. The Kier molecular flexibility index (Phi) is 8.88. The first-order chi connectivity index (χ1) is 18.6. The molecule has 1 aliphatic heterocycles. The lowest BCUT2D eigenvalue weighted by Gasteiger charge is -2.18. The highest BCUT2D eigenvalue weighted by Gasteiger charge is 2.34. The Balaban J connectivity index is 1.59. The van der Waals surface area contributed by atoms with Crippen molar-refractivity contribution in [2.45, 2.75) is 80.7 Å². The van der Waals surface area contributed by atoms with Gasteiger partial charge in [-0.2, -0.15) is 0 Å². The summed E-state index contributed by atoms with van der Waals surface area (Å²) in [7, 11) is 0. The first kappa shape index (κ1) is 29.2. The summed E-state index contributed by atoms with van der Waals surface area (Å²) in [5, 5.41) is 4.70. The van der Waals surface area contributed by atoms with E-state index in [0.717, 1.165) is 31.7 Å². The van der Waals surface area contributed by atoms with E-state index >= 15 is 0 Å². The van der Waals surface area contributed by atoms with Gasteiger partial charge in [0.05, 0.1) is 0 Å². The maximum atomic E-state index is 6.11. The number of hydrogen-bond acceptors (Lipinski definition) is 7. The molecule has 11 heteroatoms. The van der Waals surface area contributed by atoms with Crippen molar-refractivity contribution < 1.29 is 0 Å². The SMILES string of the molecule is CCSc1c(SN2Sc3c(n(C(C)C)c(=S)n3-c3ccc(C)cc3)S2)n(C(C)C)c(=S)n1-c1ccc(C)cc1. The molecule has 0 unspecified atom stereocenters. The lowest BCUT2D eigenvalue weighted by atomic mass is 10.2. The molecule has 0 amide bonds. The molecule has 0 atom stereocenters. The average molecular weight is 632 g/mol. The quantitative estimate of drug-likeness (QED) is 0.108. The predicted molar refractivity (Wildman–Crippen MR) is 175 cm³/mol. The van der Waals surface area contributed by atoms with Crippen molar-refractivity contribution in [2.24, 2.45) is 0 Å². The zero-order valence-corrected chi connectivity index (χ0v) is 28.1. The molecular weight excluding hydrogens is 599 g/mol. The largest absolute Gasteiger partial charge is 0.307 e. The summed E-state index contributed by atoms with van der Waals surface area (Å²) in [6.45, 7) is 15.2. The van der Waals surface area contributed by atoms with Gasteiger partial charge in [0.25, 0.3) is 0 Å². The molecule has 0 saturated carbocycles. The third-order valence-corrected chi connectivity index (χ3v) is 11.8. The maximum absolute atomic E-state index is 6.11. The van der Waals surface area contributed by atoms with Crippen LogP contribution in [0.15, 0.2) is 68.6 Å². The minimum atomic E-state index is 0.226. The van der Waals surface area contributed by atoms with Gasteiger partial charge in [-0.25, -0.2) is 0 Å². The van der Waals surface area contributed by atoms with Crippen LogP contribution in [-0.2, 0) is 0 Å². The van der Waals surface area contributed by atoms with Gasteiger partial charge in [0, 0.05) is 59.3 Å². The molecule has 4 aromatic rings. The van der Waals surface area contributed by atoms with Crippen molar-refractivity contribution in [3.63, 3.8) is 0 Å². The van der Waals surface area contributed by atoms with Gasteiger partial charge in [0.2, 0.25) is 0 Å². The van der Waals surface area contributed by atoms with Crippen LogP contribution in [0.2, 0.25) is 0 Å². The van der Waals surface area contributed by atoms with Crippen molar-refractivity contribution in [1.82, 2.24) is 21.4 Å². The van der Waals surface area contributed by atoms with Crippen LogP contribution in [0, 0.1) is 23.4 Å². The van der Waals surface area contributed by atoms with Gasteiger partial charge >= 0.3 is 0 Å². The zero-order valence-electron chi connectivity index (χ0n) is 23.2. The molecule has 3 heterocycles. The Morgan fingerprint density at radius 3 is 1.69 bits per heavy atom. The highest BCUT2D eigenvalue weighted by atomic mass is 32.3. The maximum Gasteiger partial charge on any atom is 0.186 e. The minimum Gasteiger partial charge on any atom is -0.307 e. The lowest BCUT2D eigenvalue weighted by Crippen LogP contribution is -2.07. The average Bonchev–Trinajstić information content (AvgIpc) is 3.48. The van der Waals surface area contributed by atoms with Gasteiger partial charge < -0.3 is 9.13 Å². The summed E-state index contributed by atoms with van der Waals surface area (Å²) < 4.78 is 13.0. The minimum absolute atomic E-state index is 0.226. The lowest BCUT2D eigenvalue weighted by molar-refractivity contribution is 0.544. The van der Waals surface area contributed by atoms with Crippen molar-refractivity contribution >= 4 is 72.0 Å². The number of thioether (sulfide) groups is 1. The van der Waals surface area contributed by atoms with Gasteiger partial charge in [0.15, 0.2) is 9.54 Å². The van der Waals surface area contributed by atoms with E-state index in [0.29, 0.717) is 0 Å². The van der Waals surface area contributed by atoms with Gasteiger partial charge in [-0.3, -0.25) is 9.13 Å². The van der Waals surface area contributed by atoms with E-state index < -0.39 is 0 Å². The summed E-state index contributed by atoms with van der Waals surface area (Å²) in [5.41, 5.74) is 4.68. The van der Waals surface area contributed by atoms with Crippen LogP contribution in [0.4, 0.5) is 0 Å². The van der Waals surface area contributed by atoms with Crippen LogP contribution in [0.25, 0.3) is 11.4 Å². The third-order valence-electron chi connectivity index (χ3n) is 6.39. The number of rotatable bonds is 8. The smallest absolute Gasteiger partial charge is 0.186 e. The molecule has 0 spiro atoms. The highest BCUT2D eigenvalue weighted by molar-refractivity contribution is 8.27. The number of benzene rings is 2. The number of aryl methyl sites for hydroxylation is 2. The topological polar surface area (TPSA) is 23.0 Å². The molecule has 2 aromatic heterocycles. The van der Waals surface area contributed by atoms with Gasteiger partial charge in [-0.15, -0.1) is 14.9 Å². The second-order valence-corrected chi connectivity index (χ2v) is 15.5. The molecule has 5 rings (SSSR count). The van der Waals surface area contributed by atoms with E-state index in [9.17, 15) is 0 Å². The zero-order chi connectivity index (χ0) is 28.0. The molecule has 2 aromatic carbocycles. The Morgan fingerprint density at radius 2 is 1.18 bits per heavy atom. The van der Waals surface area contributed by atoms with Crippen LogP contribution in [0.3, 0.4) is 0 Å². The Labute approximate surface area is 258 Å². The summed E-state index contributed by atoms with van der Waals surface area (Å²) >= 11 is 19.2. The first-order valence-electron chi connectivity index (χ1n) is 13.0. The fourth-order valence-electron chi connectivity index (χ4n) is 4.49. The fraction of sp³-hybridized carbons (Fsp3) is 0.357. The number of imidazole rings is 2. The molecule has 5 nitrogen and oxygen atoms in total. The van der Waals surface area contributed by atoms with E-state index in [1.54, 1.807) is 35.8 Å². The molecule has 0 N–H and O–H groups in total. The van der Waals surface area contributed by atoms with Gasteiger partial charge in [-0.1, -0.05) is 42.3 Å². The van der Waals surface area contributed by atoms with Crippen LogP contribution >= 0.6 is 72.0 Å². The highest BCUT2D eigenvalue weighted by Crippen LogP contribution is 2.55. The number of hydrogen-bond donors (Lipinski definition) is 0. The van der Waals surface area contributed by atoms with Crippen LogP contribution in [-0.4, -0.2) is 27.1 Å². The van der Waals surface area contributed by atoms with Gasteiger partial charge in [0.1, 0.15) is 20.1 Å². The monoisotopic (exact) mass is 631 g/mol. The van der Waals surface area contributed by atoms with E-state index in [2.05, 4.69) is 118 Å². The Bertz CT molecular complexity index is 1610. The summed E-state index contributed by atoms with van der Waals surface area (Å²) in [6, 6.07) is 17.7. The van der Waals surface area contributed by atoms with Crippen molar-refractivity contribution in [3.8, 4) is 11.4 Å². The molecule has 0 saturated heterocycles. The van der Waals surface area contributed by atoms with Crippen molar-refractivity contribution in [3.05, 3.63) is 69.2 Å². The molecule has 206 valence electrons. The van der Waals surface area contributed by atoms with Crippen LogP contribution in [0.5, 0.6) is 0 Å². The predicted octanol–water partition coefficient (Wildman–Crippen LogP) is 10.3. The number of aromatic nitrogens is 4. The van der Waals surface area contributed by atoms with Gasteiger partial charge in [-0.05, 0) is 96.0 Å². The second-order valence-electron chi connectivity index (χ2n) is 9.99. The molecular formula is C28H33N5S6. The summed E-state index contributed by atoms with van der Waals surface area (Å²) in [6.07, 6.45) is 0. The summed E-state index contributed by atoms with van der Waals surface area (Å²) in [5.74, 6) is 0.960. The standard InChI is InChI=1S/C28H33N5S6/c1-8-36-23-24(29(17(2)3)27(34)31(23)21-13-9-19(6)10-14-21)37-33-38-25-26(39-33)32(28(35)30(25)18(4)5)22-15-11-20(7)12-16-22/h9-18H,8H2,1-7H3. The van der Waals surface area contributed by atoms with Crippen LogP contribution in [0.1, 0.15) is 57.8 Å². The number of nitrogens with zero attached hydrogens (tertiary/aromatic N) is 5. The van der Waals surface area contributed by atoms with E-state index in [1.807, 2.05) is 11.8 Å².